The molecule has 1 aromatic rings. The minimum Gasteiger partial charge on any atom is -0.387 e. The van der Waals surface area contributed by atoms with Crippen LogP contribution in [0.5, 0.6) is 0 Å². The van der Waals surface area contributed by atoms with Crippen LogP contribution in [0.15, 0.2) is 49.6 Å². The molecule has 1 aromatic carbocycles. The molecule has 1 atom stereocenters. The fourth-order valence-corrected chi connectivity index (χ4v) is 1.48. The minimum atomic E-state index is -0.536. The summed E-state index contributed by atoms with van der Waals surface area (Å²) in [5.41, 5.74) is 2.03. The van der Waals surface area contributed by atoms with E-state index in [4.69, 9.17) is 0 Å². The van der Waals surface area contributed by atoms with Crippen LogP contribution >= 0.6 is 0 Å². The summed E-state index contributed by atoms with van der Waals surface area (Å²) in [6, 6.07) is 7.80. The molecule has 0 aliphatic heterocycles. The molecule has 1 heteroatoms. The van der Waals surface area contributed by atoms with Gasteiger partial charge in [0, 0.05) is 5.92 Å². The van der Waals surface area contributed by atoms with E-state index in [1.165, 1.54) is 0 Å². The van der Waals surface area contributed by atoms with Gasteiger partial charge in [0.15, 0.2) is 0 Å². The minimum absolute atomic E-state index is 0.0869. The molecule has 0 aromatic heterocycles. The zero-order chi connectivity index (χ0) is 10.6. The lowest BCUT2D eigenvalue weighted by molar-refractivity contribution is 0.151. The molecule has 0 saturated carbocycles. The van der Waals surface area contributed by atoms with Gasteiger partial charge in [-0.25, -0.2) is 0 Å². The molecule has 0 heterocycles. The van der Waals surface area contributed by atoms with Crippen LogP contribution in [0.25, 0.3) is 0 Å². The van der Waals surface area contributed by atoms with Crippen LogP contribution in [0.4, 0.5) is 0 Å². The lowest BCUT2D eigenvalue weighted by Gasteiger charge is -2.18. The predicted molar refractivity (Wildman–Crippen MR) is 60.0 cm³/mol. The van der Waals surface area contributed by atoms with E-state index in [2.05, 4.69) is 13.2 Å². The van der Waals surface area contributed by atoms with Crippen LogP contribution < -0.4 is 0 Å². The Morgan fingerprint density at radius 3 is 2.29 bits per heavy atom. The van der Waals surface area contributed by atoms with Gasteiger partial charge in [0.25, 0.3) is 0 Å². The summed E-state index contributed by atoms with van der Waals surface area (Å²) in [7, 11) is 0. The van der Waals surface area contributed by atoms with Crippen molar-refractivity contribution in [1.82, 2.24) is 0 Å². The first-order valence-corrected chi connectivity index (χ1v) is 4.69. The van der Waals surface area contributed by atoms with Gasteiger partial charge in [-0.2, -0.15) is 0 Å². The van der Waals surface area contributed by atoms with Crippen LogP contribution in [0.3, 0.4) is 0 Å². The number of hydrogen-bond donors (Lipinski definition) is 1. The summed E-state index contributed by atoms with van der Waals surface area (Å²) in [6.45, 7) is 9.34. The molecule has 1 nitrogen and oxygen atoms in total. The standard InChI is InChI=1S/C13H16O/c1-4-11(5-2)13(14)12-9-7-6-8-10(12)3/h4-9,11,13-14H,1-2H2,3H3. The van der Waals surface area contributed by atoms with E-state index in [-0.39, 0.29) is 5.92 Å². The largest absolute Gasteiger partial charge is 0.387 e. The second kappa shape index (κ2) is 4.77. The van der Waals surface area contributed by atoms with Crippen LogP contribution in [-0.2, 0) is 0 Å². The van der Waals surface area contributed by atoms with Gasteiger partial charge < -0.3 is 5.11 Å². The normalized spacial score (nSPS) is 12.5. The highest BCUT2D eigenvalue weighted by atomic mass is 16.3. The Labute approximate surface area is 85.4 Å². The lowest BCUT2D eigenvalue weighted by atomic mass is 9.93. The summed E-state index contributed by atoms with van der Waals surface area (Å²) in [5.74, 6) is -0.0869. The zero-order valence-corrected chi connectivity index (χ0v) is 8.48. The number of aryl methyl sites for hydroxylation is 1. The molecule has 0 amide bonds. The number of benzene rings is 1. The van der Waals surface area contributed by atoms with Crippen molar-refractivity contribution in [2.75, 3.05) is 0 Å². The molecule has 0 aliphatic carbocycles. The Balaban J connectivity index is 2.98. The van der Waals surface area contributed by atoms with Gasteiger partial charge in [-0.15, -0.1) is 13.2 Å². The first kappa shape index (κ1) is 10.7. The first-order chi connectivity index (χ1) is 6.70. The average molecular weight is 188 g/mol. The summed E-state index contributed by atoms with van der Waals surface area (Å²) >= 11 is 0. The van der Waals surface area contributed by atoms with Crippen molar-refractivity contribution in [3.05, 3.63) is 60.7 Å². The third-order valence-corrected chi connectivity index (χ3v) is 2.42. The Hall–Kier alpha value is -1.34. The Kier molecular flexibility index (Phi) is 3.66. The Bertz CT molecular complexity index is 320. The maximum Gasteiger partial charge on any atom is 0.0889 e. The summed E-state index contributed by atoms with van der Waals surface area (Å²) in [4.78, 5) is 0. The quantitative estimate of drug-likeness (QED) is 0.720. The van der Waals surface area contributed by atoms with E-state index >= 15 is 0 Å². The third kappa shape index (κ3) is 2.12. The molecule has 74 valence electrons. The van der Waals surface area contributed by atoms with Crippen LogP contribution in [0, 0.1) is 12.8 Å². The number of rotatable bonds is 4. The second-order valence-corrected chi connectivity index (χ2v) is 3.35. The zero-order valence-electron chi connectivity index (χ0n) is 8.48. The van der Waals surface area contributed by atoms with Crippen LogP contribution in [0.1, 0.15) is 17.2 Å². The highest BCUT2D eigenvalue weighted by Gasteiger charge is 2.15. The van der Waals surface area contributed by atoms with Gasteiger partial charge in [-0.05, 0) is 18.1 Å². The fourth-order valence-electron chi connectivity index (χ4n) is 1.48. The summed E-state index contributed by atoms with van der Waals surface area (Å²) in [5, 5.41) is 10.0. The molecule has 0 radical (unpaired) electrons. The molecule has 0 aliphatic rings. The molecule has 0 bridgehead atoms. The van der Waals surface area contributed by atoms with Crippen LogP contribution in [-0.4, -0.2) is 5.11 Å². The van der Waals surface area contributed by atoms with E-state index < -0.39 is 6.10 Å². The van der Waals surface area contributed by atoms with Crippen molar-refractivity contribution in [2.24, 2.45) is 5.92 Å². The summed E-state index contributed by atoms with van der Waals surface area (Å²) < 4.78 is 0. The maximum absolute atomic E-state index is 10.0. The molecule has 0 spiro atoms. The molecule has 14 heavy (non-hydrogen) atoms. The maximum atomic E-state index is 10.0. The van der Waals surface area contributed by atoms with Crippen molar-refractivity contribution in [3.8, 4) is 0 Å². The lowest BCUT2D eigenvalue weighted by Crippen LogP contribution is -2.08. The number of aliphatic hydroxyl groups is 1. The van der Waals surface area contributed by atoms with Gasteiger partial charge in [0.2, 0.25) is 0 Å². The van der Waals surface area contributed by atoms with Gasteiger partial charge in [0.1, 0.15) is 0 Å². The highest BCUT2D eigenvalue weighted by molar-refractivity contribution is 5.29. The van der Waals surface area contributed by atoms with Gasteiger partial charge in [-0.1, -0.05) is 36.4 Å². The Morgan fingerprint density at radius 1 is 1.21 bits per heavy atom. The highest BCUT2D eigenvalue weighted by Crippen LogP contribution is 2.25. The van der Waals surface area contributed by atoms with Gasteiger partial charge in [-0.3, -0.25) is 0 Å². The predicted octanol–water partition coefficient (Wildman–Crippen LogP) is 3.02. The molecular weight excluding hydrogens is 172 g/mol. The van der Waals surface area contributed by atoms with Crippen molar-refractivity contribution in [2.45, 2.75) is 13.0 Å². The molecule has 1 unspecified atom stereocenters. The van der Waals surface area contributed by atoms with E-state index in [0.29, 0.717) is 0 Å². The van der Waals surface area contributed by atoms with E-state index in [9.17, 15) is 5.11 Å². The fraction of sp³-hybridized carbons (Fsp3) is 0.231. The first-order valence-electron chi connectivity index (χ1n) is 4.69. The van der Waals surface area contributed by atoms with Crippen molar-refractivity contribution in [1.29, 1.82) is 0 Å². The van der Waals surface area contributed by atoms with Gasteiger partial charge in [0.05, 0.1) is 6.10 Å². The van der Waals surface area contributed by atoms with Crippen LogP contribution in [0.2, 0.25) is 0 Å². The second-order valence-electron chi connectivity index (χ2n) is 3.35. The Morgan fingerprint density at radius 2 is 1.79 bits per heavy atom. The molecule has 0 saturated heterocycles. The third-order valence-electron chi connectivity index (χ3n) is 2.42. The van der Waals surface area contributed by atoms with Crippen molar-refractivity contribution < 1.29 is 5.11 Å². The van der Waals surface area contributed by atoms with E-state index in [1.54, 1.807) is 12.2 Å². The number of hydrogen-bond acceptors (Lipinski definition) is 1. The van der Waals surface area contributed by atoms with E-state index in [0.717, 1.165) is 11.1 Å². The molecule has 0 fully saturated rings. The van der Waals surface area contributed by atoms with Crippen molar-refractivity contribution in [3.63, 3.8) is 0 Å². The average Bonchev–Trinajstić information content (AvgIpc) is 2.20. The molecule has 1 N–H and O–H groups in total. The SMILES string of the molecule is C=CC(C=C)C(O)c1ccccc1C. The molecular formula is C13H16O. The smallest absolute Gasteiger partial charge is 0.0889 e. The monoisotopic (exact) mass is 188 g/mol. The number of aliphatic hydroxyl groups excluding tert-OH is 1. The van der Waals surface area contributed by atoms with Crippen molar-refractivity contribution >= 4 is 0 Å². The van der Waals surface area contributed by atoms with E-state index in [1.807, 2.05) is 31.2 Å². The summed E-state index contributed by atoms with van der Waals surface area (Å²) in [6.07, 6.45) is 2.89. The van der Waals surface area contributed by atoms with Gasteiger partial charge >= 0.3 is 0 Å². The topological polar surface area (TPSA) is 20.2 Å². The molecule has 1 rings (SSSR count).